The Bertz CT molecular complexity index is 426. The van der Waals surface area contributed by atoms with Gasteiger partial charge in [-0.25, -0.2) is 4.39 Å². The van der Waals surface area contributed by atoms with E-state index in [-0.39, 0.29) is 5.82 Å². The average Bonchev–Trinajstić information content (AvgIpc) is 2.76. The fraction of sp³-hybridized carbons (Fsp3) is 0.538. The van der Waals surface area contributed by atoms with Crippen LogP contribution < -0.4 is 10.6 Å². The van der Waals surface area contributed by atoms with Gasteiger partial charge in [0.1, 0.15) is 5.82 Å². The predicted molar refractivity (Wildman–Crippen MR) is 66.9 cm³/mol. The van der Waals surface area contributed by atoms with E-state index < -0.39 is 5.79 Å². The molecule has 4 nitrogen and oxygen atoms in total. The molecule has 1 spiro atoms. The lowest BCUT2D eigenvalue weighted by molar-refractivity contribution is -0.161. The molecule has 2 aliphatic rings. The van der Waals surface area contributed by atoms with Crippen LogP contribution in [0.25, 0.3) is 0 Å². The summed E-state index contributed by atoms with van der Waals surface area (Å²) in [4.78, 5) is 2.08. The van der Waals surface area contributed by atoms with E-state index in [4.69, 9.17) is 15.2 Å². The summed E-state index contributed by atoms with van der Waals surface area (Å²) in [6, 6.07) is 4.62. The minimum atomic E-state index is -0.501. The van der Waals surface area contributed by atoms with Crippen molar-refractivity contribution in [3.05, 3.63) is 24.0 Å². The van der Waals surface area contributed by atoms with Crippen LogP contribution >= 0.6 is 0 Å². The highest BCUT2D eigenvalue weighted by molar-refractivity contribution is 5.56. The number of nitrogen functional groups attached to an aromatic ring is 1. The van der Waals surface area contributed by atoms with Crippen molar-refractivity contribution in [3.63, 3.8) is 0 Å². The number of hydrogen-bond donors (Lipinski definition) is 1. The van der Waals surface area contributed by atoms with Crippen molar-refractivity contribution in [3.8, 4) is 0 Å². The van der Waals surface area contributed by atoms with Crippen LogP contribution in [0.3, 0.4) is 0 Å². The highest BCUT2D eigenvalue weighted by Crippen LogP contribution is 2.33. The van der Waals surface area contributed by atoms with Gasteiger partial charge in [-0.15, -0.1) is 0 Å². The van der Waals surface area contributed by atoms with Crippen molar-refractivity contribution in [1.29, 1.82) is 0 Å². The molecule has 2 fully saturated rings. The quantitative estimate of drug-likeness (QED) is 0.774. The molecule has 0 unspecified atom stereocenters. The first-order valence-electron chi connectivity index (χ1n) is 6.26. The lowest BCUT2D eigenvalue weighted by Crippen LogP contribution is -2.49. The molecule has 3 rings (SSSR count). The summed E-state index contributed by atoms with van der Waals surface area (Å²) in [5.74, 6) is -0.808. The monoisotopic (exact) mass is 252 g/mol. The standard InChI is InChI=1S/C13H17FN2O2/c14-10-6-11(15)8-12(7-10)16-3-1-2-13(9-16)17-4-5-18-13/h6-8H,1-5,9,15H2. The molecule has 0 bridgehead atoms. The summed E-state index contributed by atoms with van der Waals surface area (Å²) in [7, 11) is 0. The lowest BCUT2D eigenvalue weighted by atomic mass is 10.0. The molecule has 0 saturated carbocycles. The molecule has 5 heteroatoms. The first-order chi connectivity index (χ1) is 8.67. The van der Waals surface area contributed by atoms with E-state index in [9.17, 15) is 4.39 Å². The normalized spacial score (nSPS) is 22.6. The molecule has 18 heavy (non-hydrogen) atoms. The van der Waals surface area contributed by atoms with Gasteiger partial charge in [-0.1, -0.05) is 0 Å². The fourth-order valence-electron chi connectivity index (χ4n) is 2.72. The largest absolute Gasteiger partial charge is 0.399 e. The van der Waals surface area contributed by atoms with Crippen molar-refractivity contribution in [2.45, 2.75) is 18.6 Å². The van der Waals surface area contributed by atoms with Crippen LogP contribution in [-0.4, -0.2) is 32.1 Å². The van der Waals surface area contributed by atoms with Crippen LogP contribution in [0.15, 0.2) is 18.2 Å². The number of halogens is 1. The molecule has 2 heterocycles. The molecule has 0 aliphatic carbocycles. The van der Waals surface area contributed by atoms with Gasteiger partial charge in [-0.3, -0.25) is 0 Å². The smallest absolute Gasteiger partial charge is 0.186 e. The molecular weight excluding hydrogens is 235 g/mol. The van der Waals surface area contributed by atoms with Crippen molar-refractivity contribution >= 4 is 11.4 Å². The van der Waals surface area contributed by atoms with E-state index in [1.54, 1.807) is 6.07 Å². The third kappa shape index (κ3) is 2.15. The fourth-order valence-corrected chi connectivity index (χ4v) is 2.72. The molecule has 0 aromatic heterocycles. The zero-order valence-electron chi connectivity index (χ0n) is 10.2. The zero-order valence-corrected chi connectivity index (χ0v) is 10.2. The Kier molecular flexibility index (Phi) is 2.87. The number of nitrogens with two attached hydrogens (primary N) is 1. The van der Waals surface area contributed by atoms with E-state index in [1.165, 1.54) is 12.1 Å². The third-order valence-electron chi connectivity index (χ3n) is 3.50. The van der Waals surface area contributed by atoms with Gasteiger partial charge in [0.15, 0.2) is 5.79 Å². The van der Waals surface area contributed by atoms with Crippen molar-refractivity contribution < 1.29 is 13.9 Å². The van der Waals surface area contributed by atoms with E-state index in [1.807, 2.05) is 0 Å². The molecule has 2 saturated heterocycles. The van der Waals surface area contributed by atoms with Crippen molar-refractivity contribution in [2.24, 2.45) is 0 Å². The minimum absolute atomic E-state index is 0.308. The van der Waals surface area contributed by atoms with Crippen LogP contribution in [0.5, 0.6) is 0 Å². The number of piperidine rings is 1. The molecule has 98 valence electrons. The van der Waals surface area contributed by atoms with Gasteiger partial charge in [0.05, 0.1) is 19.8 Å². The summed E-state index contributed by atoms with van der Waals surface area (Å²) < 4.78 is 24.8. The zero-order chi connectivity index (χ0) is 12.6. The minimum Gasteiger partial charge on any atom is -0.399 e. The first kappa shape index (κ1) is 11.7. The van der Waals surface area contributed by atoms with Crippen LogP contribution in [0.4, 0.5) is 15.8 Å². The Labute approximate surface area is 105 Å². The Morgan fingerprint density at radius 3 is 2.72 bits per heavy atom. The summed E-state index contributed by atoms with van der Waals surface area (Å²) in [5, 5.41) is 0. The summed E-state index contributed by atoms with van der Waals surface area (Å²) >= 11 is 0. The second-order valence-corrected chi connectivity index (χ2v) is 4.88. The number of hydrogen-bond acceptors (Lipinski definition) is 4. The number of anilines is 2. The Morgan fingerprint density at radius 2 is 2.00 bits per heavy atom. The van der Waals surface area contributed by atoms with Crippen molar-refractivity contribution in [2.75, 3.05) is 36.9 Å². The second-order valence-electron chi connectivity index (χ2n) is 4.88. The third-order valence-corrected chi connectivity index (χ3v) is 3.50. The molecule has 2 aliphatic heterocycles. The van der Waals surface area contributed by atoms with Gasteiger partial charge in [-0.05, 0) is 24.6 Å². The van der Waals surface area contributed by atoms with Gasteiger partial charge in [0.25, 0.3) is 0 Å². The van der Waals surface area contributed by atoms with Gasteiger partial charge in [-0.2, -0.15) is 0 Å². The highest BCUT2D eigenvalue weighted by atomic mass is 19.1. The molecule has 1 aromatic carbocycles. The number of rotatable bonds is 1. The van der Waals surface area contributed by atoms with E-state index in [2.05, 4.69) is 4.90 Å². The molecule has 0 radical (unpaired) electrons. The SMILES string of the molecule is Nc1cc(F)cc(N2CCCC3(C2)OCCO3)c1. The second kappa shape index (κ2) is 4.40. The van der Waals surface area contributed by atoms with Crippen LogP contribution in [0.2, 0.25) is 0 Å². The average molecular weight is 252 g/mol. The van der Waals surface area contributed by atoms with Gasteiger partial charge >= 0.3 is 0 Å². The number of ether oxygens (including phenoxy) is 2. The maximum atomic E-state index is 13.4. The number of nitrogens with zero attached hydrogens (tertiary/aromatic N) is 1. The predicted octanol–water partition coefficient (Wildman–Crippen LogP) is 1.75. The van der Waals surface area contributed by atoms with Gasteiger partial charge in [0, 0.05) is 24.3 Å². The molecule has 0 amide bonds. The highest BCUT2D eigenvalue weighted by Gasteiger charge is 2.40. The summed E-state index contributed by atoms with van der Waals surface area (Å²) in [6.45, 7) is 2.78. The Balaban J connectivity index is 1.83. The van der Waals surface area contributed by atoms with E-state index in [0.29, 0.717) is 25.4 Å². The molecule has 1 aromatic rings. The van der Waals surface area contributed by atoms with Gasteiger partial charge < -0.3 is 20.1 Å². The van der Waals surface area contributed by atoms with Crippen LogP contribution in [0.1, 0.15) is 12.8 Å². The van der Waals surface area contributed by atoms with Crippen molar-refractivity contribution in [1.82, 2.24) is 0 Å². The Hall–Kier alpha value is -1.33. The molecule has 2 N–H and O–H groups in total. The van der Waals surface area contributed by atoms with Crippen LogP contribution in [-0.2, 0) is 9.47 Å². The number of benzene rings is 1. The first-order valence-corrected chi connectivity index (χ1v) is 6.26. The van der Waals surface area contributed by atoms with E-state index >= 15 is 0 Å². The molecule has 0 atom stereocenters. The topological polar surface area (TPSA) is 47.7 Å². The van der Waals surface area contributed by atoms with Crippen LogP contribution in [0, 0.1) is 5.82 Å². The molecular formula is C13H17FN2O2. The van der Waals surface area contributed by atoms with Gasteiger partial charge in [0.2, 0.25) is 0 Å². The lowest BCUT2D eigenvalue weighted by Gasteiger charge is -2.39. The maximum Gasteiger partial charge on any atom is 0.186 e. The maximum absolute atomic E-state index is 13.4. The Morgan fingerprint density at radius 1 is 1.22 bits per heavy atom. The van der Waals surface area contributed by atoms with E-state index in [0.717, 1.165) is 25.1 Å². The summed E-state index contributed by atoms with van der Waals surface area (Å²) in [5.41, 5.74) is 6.92. The summed E-state index contributed by atoms with van der Waals surface area (Å²) in [6.07, 6.45) is 1.87.